The highest BCUT2D eigenvalue weighted by atomic mass is 16.6. The second-order valence-corrected chi connectivity index (χ2v) is 5.72. The van der Waals surface area contributed by atoms with Gasteiger partial charge < -0.3 is 14.7 Å². The van der Waals surface area contributed by atoms with E-state index < -0.39 is 5.60 Å². The second kappa shape index (κ2) is 6.63. The van der Waals surface area contributed by atoms with E-state index in [-0.39, 0.29) is 24.8 Å². The summed E-state index contributed by atoms with van der Waals surface area (Å²) >= 11 is 0. The number of hydrogen-bond donors (Lipinski definition) is 1. The summed E-state index contributed by atoms with van der Waals surface area (Å²) in [5, 5.41) is 12.8. The van der Waals surface area contributed by atoms with Crippen molar-refractivity contribution in [3.8, 4) is 0 Å². The van der Waals surface area contributed by atoms with E-state index >= 15 is 0 Å². The van der Waals surface area contributed by atoms with E-state index in [4.69, 9.17) is 15.4 Å². The van der Waals surface area contributed by atoms with Crippen LogP contribution in [0.2, 0.25) is 0 Å². The molecule has 1 fully saturated rings. The van der Waals surface area contributed by atoms with Crippen LogP contribution in [0.5, 0.6) is 0 Å². The first-order valence-corrected chi connectivity index (χ1v) is 6.52. The Hall–Kier alpha value is -1.46. The molecule has 7 heteroatoms. The third-order valence-corrected chi connectivity index (χ3v) is 2.99. The SMILES string of the molecule is CC(C)(C)OC(=O)N1CCC(N=[N+]=[N-])C[C@H]1CCO. The number of nitrogens with zero attached hydrogens (tertiary/aromatic N) is 4. The van der Waals surface area contributed by atoms with E-state index in [9.17, 15) is 4.79 Å². The molecule has 0 bridgehead atoms. The highest BCUT2D eigenvalue weighted by molar-refractivity contribution is 5.68. The maximum atomic E-state index is 12.1. The monoisotopic (exact) mass is 270 g/mol. The molecule has 0 aromatic heterocycles. The first kappa shape index (κ1) is 15.6. The summed E-state index contributed by atoms with van der Waals surface area (Å²) in [6.45, 7) is 5.94. The Balaban J connectivity index is 2.70. The molecule has 0 saturated carbocycles. The van der Waals surface area contributed by atoms with Gasteiger partial charge in [-0.2, -0.15) is 0 Å². The van der Waals surface area contributed by atoms with Crippen LogP contribution < -0.4 is 0 Å². The van der Waals surface area contributed by atoms with E-state index in [2.05, 4.69) is 10.0 Å². The molecule has 1 unspecified atom stereocenters. The van der Waals surface area contributed by atoms with E-state index in [1.165, 1.54) is 0 Å². The van der Waals surface area contributed by atoms with Gasteiger partial charge in [-0.1, -0.05) is 5.11 Å². The fourth-order valence-electron chi connectivity index (χ4n) is 2.19. The van der Waals surface area contributed by atoms with Crippen LogP contribution in [0.25, 0.3) is 10.4 Å². The minimum absolute atomic E-state index is 0.00699. The number of carbonyl (C=O) groups is 1. The Morgan fingerprint density at radius 3 is 2.79 bits per heavy atom. The van der Waals surface area contributed by atoms with Crippen molar-refractivity contribution in [2.75, 3.05) is 13.2 Å². The molecule has 1 amide bonds. The van der Waals surface area contributed by atoms with Crippen molar-refractivity contribution in [2.24, 2.45) is 5.11 Å². The summed E-state index contributed by atoms with van der Waals surface area (Å²) in [4.78, 5) is 16.5. The molecule has 0 aliphatic carbocycles. The summed E-state index contributed by atoms with van der Waals surface area (Å²) < 4.78 is 5.35. The zero-order chi connectivity index (χ0) is 14.5. The first-order valence-electron chi connectivity index (χ1n) is 6.52. The Morgan fingerprint density at radius 1 is 1.58 bits per heavy atom. The fourth-order valence-corrected chi connectivity index (χ4v) is 2.19. The maximum absolute atomic E-state index is 12.1. The van der Waals surface area contributed by atoms with Crippen molar-refractivity contribution in [3.63, 3.8) is 0 Å². The van der Waals surface area contributed by atoms with Crippen molar-refractivity contribution in [2.45, 2.75) is 57.7 Å². The predicted octanol–water partition coefficient (Wildman–Crippen LogP) is 2.45. The van der Waals surface area contributed by atoms with Gasteiger partial charge in [0.25, 0.3) is 0 Å². The van der Waals surface area contributed by atoms with Crippen LogP contribution in [0, 0.1) is 0 Å². The first-order chi connectivity index (χ1) is 8.87. The standard InChI is InChI=1S/C12H22N4O3/c1-12(2,3)19-11(18)16-6-4-9(14-15-13)8-10(16)5-7-17/h9-10,17H,4-8H2,1-3H3/t9?,10-/m1/s1. The molecule has 0 aromatic rings. The molecule has 1 N–H and O–H groups in total. The van der Waals surface area contributed by atoms with Gasteiger partial charge in [-0.25, -0.2) is 4.79 Å². The summed E-state index contributed by atoms with van der Waals surface area (Å²) in [6.07, 6.45) is 1.30. The number of carbonyl (C=O) groups excluding carboxylic acids is 1. The fraction of sp³-hybridized carbons (Fsp3) is 0.917. The molecular formula is C12H22N4O3. The smallest absolute Gasteiger partial charge is 0.410 e. The summed E-state index contributed by atoms with van der Waals surface area (Å²) in [5.74, 6) is 0. The number of aliphatic hydroxyl groups is 1. The van der Waals surface area contributed by atoms with Gasteiger partial charge >= 0.3 is 6.09 Å². The number of rotatable bonds is 3. The number of azide groups is 1. The molecule has 1 saturated heterocycles. The van der Waals surface area contributed by atoms with Crippen LogP contribution in [-0.2, 0) is 4.74 Å². The molecule has 19 heavy (non-hydrogen) atoms. The molecular weight excluding hydrogens is 248 g/mol. The molecule has 1 aliphatic heterocycles. The Bertz CT molecular complexity index is 360. The van der Waals surface area contributed by atoms with Crippen LogP contribution in [0.3, 0.4) is 0 Å². The zero-order valence-corrected chi connectivity index (χ0v) is 11.7. The number of likely N-dealkylation sites (tertiary alicyclic amines) is 1. The third kappa shape index (κ3) is 4.96. The molecule has 0 aromatic carbocycles. The summed E-state index contributed by atoms with van der Waals surface area (Å²) in [7, 11) is 0. The highest BCUT2D eigenvalue weighted by Crippen LogP contribution is 2.24. The minimum Gasteiger partial charge on any atom is -0.444 e. The van der Waals surface area contributed by atoms with Crippen LogP contribution in [-0.4, -0.2) is 46.9 Å². The Kier molecular flexibility index (Phi) is 5.44. The van der Waals surface area contributed by atoms with Crippen molar-refractivity contribution in [3.05, 3.63) is 10.4 Å². The normalized spacial score (nSPS) is 23.7. The maximum Gasteiger partial charge on any atom is 0.410 e. The molecule has 7 nitrogen and oxygen atoms in total. The van der Waals surface area contributed by atoms with Gasteiger partial charge in [0.2, 0.25) is 0 Å². The minimum atomic E-state index is -0.539. The quantitative estimate of drug-likeness (QED) is 0.484. The molecule has 1 heterocycles. The third-order valence-electron chi connectivity index (χ3n) is 2.99. The summed E-state index contributed by atoms with van der Waals surface area (Å²) in [6, 6.07) is -0.246. The van der Waals surface area contributed by atoms with Crippen LogP contribution in [0.4, 0.5) is 4.79 Å². The van der Waals surface area contributed by atoms with Crippen LogP contribution in [0.15, 0.2) is 5.11 Å². The van der Waals surface area contributed by atoms with Gasteiger partial charge in [0.05, 0.1) is 0 Å². The molecule has 0 radical (unpaired) electrons. The second-order valence-electron chi connectivity index (χ2n) is 5.72. The number of piperidine rings is 1. The zero-order valence-electron chi connectivity index (χ0n) is 11.7. The lowest BCUT2D eigenvalue weighted by Gasteiger charge is -2.38. The van der Waals surface area contributed by atoms with Gasteiger partial charge in [0.15, 0.2) is 0 Å². The van der Waals surface area contributed by atoms with Crippen molar-refractivity contribution >= 4 is 6.09 Å². The topological polar surface area (TPSA) is 98.5 Å². The number of aliphatic hydroxyl groups excluding tert-OH is 1. The lowest BCUT2D eigenvalue weighted by Crippen LogP contribution is -2.49. The van der Waals surface area contributed by atoms with Gasteiger partial charge in [-0.15, -0.1) is 0 Å². The predicted molar refractivity (Wildman–Crippen MR) is 70.6 cm³/mol. The van der Waals surface area contributed by atoms with Crippen molar-refractivity contribution < 1.29 is 14.6 Å². The van der Waals surface area contributed by atoms with Gasteiger partial charge in [0, 0.05) is 30.1 Å². The largest absolute Gasteiger partial charge is 0.444 e. The Labute approximate surface area is 113 Å². The van der Waals surface area contributed by atoms with E-state index in [0.717, 1.165) is 0 Å². The Morgan fingerprint density at radius 2 is 2.26 bits per heavy atom. The highest BCUT2D eigenvalue weighted by Gasteiger charge is 2.33. The molecule has 2 atom stereocenters. The van der Waals surface area contributed by atoms with Gasteiger partial charge in [0.1, 0.15) is 5.60 Å². The number of amides is 1. The molecule has 1 aliphatic rings. The molecule has 108 valence electrons. The molecule has 1 rings (SSSR count). The summed E-state index contributed by atoms with van der Waals surface area (Å²) in [5.41, 5.74) is 7.93. The number of hydrogen-bond acceptors (Lipinski definition) is 4. The van der Waals surface area contributed by atoms with Crippen molar-refractivity contribution in [1.29, 1.82) is 0 Å². The van der Waals surface area contributed by atoms with E-state index in [0.29, 0.717) is 25.8 Å². The number of ether oxygens (including phenoxy) is 1. The van der Waals surface area contributed by atoms with Crippen LogP contribution >= 0.6 is 0 Å². The average molecular weight is 270 g/mol. The van der Waals surface area contributed by atoms with E-state index in [1.807, 2.05) is 20.8 Å². The van der Waals surface area contributed by atoms with Gasteiger partial charge in [-0.3, -0.25) is 0 Å². The van der Waals surface area contributed by atoms with E-state index in [1.54, 1.807) is 4.90 Å². The van der Waals surface area contributed by atoms with Crippen molar-refractivity contribution in [1.82, 2.24) is 4.90 Å². The van der Waals surface area contributed by atoms with Crippen LogP contribution in [0.1, 0.15) is 40.0 Å². The van der Waals surface area contributed by atoms with Gasteiger partial charge in [-0.05, 0) is 45.6 Å². The lowest BCUT2D eigenvalue weighted by molar-refractivity contribution is 0.00541. The molecule has 0 spiro atoms. The lowest BCUT2D eigenvalue weighted by atomic mass is 9.96. The average Bonchev–Trinajstić information content (AvgIpc) is 2.27.